The molecule has 3 N–H and O–H groups in total. The number of amides is 1. The van der Waals surface area contributed by atoms with Gasteiger partial charge in [0, 0.05) is 17.4 Å². The molecule has 0 spiro atoms. The van der Waals surface area contributed by atoms with E-state index in [1.54, 1.807) is 6.92 Å². The van der Waals surface area contributed by atoms with Gasteiger partial charge < -0.3 is 15.8 Å². The Kier molecular flexibility index (Phi) is 10.0. The first kappa shape index (κ1) is 19.9. The average molecular weight is 380 g/mol. The standard InChI is InChI=1S/C14H19BrN2O3.ClH/c1-2-20-14(19)9-12(17-13(18)7-8-16)10-3-5-11(15)6-4-10;/h3-6,12H,2,7-9,16H2,1H3,(H,17,18);1H. The van der Waals surface area contributed by atoms with E-state index in [9.17, 15) is 9.59 Å². The molecule has 0 heterocycles. The van der Waals surface area contributed by atoms with E-state index >= 15 is 0 Å². The van der Waals surface area contributed by atoms with E-state index in [2.05, 4.69) is 21.2 Å². The van der Waals surface area contributed by atoms with E-state index in [-0.39, 0.29) is 43.7 Å². The molecule has 0 aliphatic heterocycles. The largest absolute Gasteiger partial charge is 0.466 e. The van der Waals surface area contributed by atoms with E-state index in [0.717, 1.165) is 10.0 Å². The molecule has 1 unspecified atom stereocenters. The Morgan fingerprint density at radius 1 is 1.33 bits per heavy atom. The molecule has 7 heteroatoms. The van der Waals surface area contributed by atoms with Gasteiger partial charge in [-0.1, -0.05) is 28.1 Å². The highest BCUT2D eigenvalue weighted by Gasteiger charge is 2.18. The summed E-state index contributed by atoms with van der Waals surface area (Å²) in [5.74, 6) is -0.516. The van der Waals surface area contributed by atoms with Crippen LogP contribution in [0, 0.1) is 0 Å². The van der Waals surface area contributed by atoms with Crippen LogP contribution in [0.2, 0.25) is 0 Å². The smallest absolute Gasteiger partial charge is 0.308 e. The predicted octanol–water partition coefficient (Wildman–Crippen LogP) is 2.33. The van der Waals surface area contributed by atoms with Crippen molar-refractivity contribution in [3.8, 4) is 0 Å². The highest BCUT2D eigenvalue weighted by atomic mass is 79.9. The van der Waals surface area contributed by atoms with Gasteiger partial charge in [-0.05, 0) is 24.6 Å². The van der Waals surface area contributed by atoms with Crippen molar-refractivity contribution in [2.75, 3.05) is 13.2 Å². The predicted molar refractivity (Wildman–Crippen MR) is 87.2 cm³/mol. The molecule has 1 atom stereocenters. The molecule has 0 radical (unpaired) electrons. The maximum absolute atomic E-state index is 11.7. The fourth-order valence-electron chi connectivity index (χ4n) is 1.73. The summed E-state index contributed by atoms with van der Waals surface area (Å²) in [6, 6.07) is 7.04. The molecular formula is C14H20BrClN2O3. The number of esters is 1. The lowest BCUT2D eigenvalue weighted by atomic mass is 10.0. The molecule has 1 rings (SSSR count). The van der Waals surface area contributed by atoms with Gasteiger partial charge in [0.2, 0.25) is 5.91 Å². The Balaban J connectivity index is 0.00000400. The molecule has 1 amide bonds. The van der Waals surface area contributed by atoms with Crippen LogP contribution in [0.15, 0.2) is 28.7 Å². The molecule has 0 bridgehead atoms. The van der Waals surface area contributed by atoms with Crippen molar-refractivity contribution in [2.24, 2.45) is 5.73 Å². The number of carbonyl (C=O) groups excluding carboxylic acids is 2. The first-order valence-electron chi connectivity index (χ1n) is 6.47. The van der Waals surface area contributed by atoms with Gasteiger partial charge >= 0.3 is 5.97 Å². The molecule has 0 saturated heterocycles. The summed E-state index contributed by atoms with van der Waals surface area (Å²) in [4.78, 5) is 23.3. The van der Waals surface area contributed by atoms with E-state index in [1.807, 2.05) is 24.3 Å². The summed E-state index contributed by atoms with van der Waals surface area (Å²) in [5.41, 5.74) is 6.21. The van der Waals surface area contributed by atoms with Crippen molar-refractivity contribution in [3.05, 3.63) is 34.3 Å². The second-order valence-electron chi connectivity index (χ2n) is 4.22. The average Bonchev–Trinajstić information content (AvgIpc) is 2.39. The molecule has 0 aliphatic rings. The van der Waals surface area contributed by atoms with Crippen molar-refractivity contribution in [1.29, 1.82) is 0 Å². The van der Waals surface area contributed by atoms with Gasteiger partial charge in [0.15, 0.2) is 0 Å². The van der Waals surface area contributed by atoms with Crippen LogP contribution in [-0.4, -0.2) is 25.0 Å². The minimum absolute atomic E-state index is 0. The number of carbonyl (C=O) groups is 2. The van der Waals surface area contributed by atoms with Gasteiger partial charge in [-0.2, -0.15) is 0 Å². The topological polar surface area (TPSA) is 81.4 Å². The molecule has 0 aliphatic carbocycles. The lowest BCUT2D eigenvalue weighted by Crippen LogP contribution is -2.31. The first-order valence-corrected chi connectivity index (χ1v) is 7.26. The molecule has 118 valence electrons. The van der Waals surface area contributed by atoms with Gasteiger partial charge in [-0.3, -0.25) is 9.59 Å². The van der Waals surface area contributed by atoms with Crippen molar-refractivity contribution < 1.29 is 14.3 Å². The van der Waals surface area contributed by atoms with E-state index in [1.165, 1.54) is 0 Å². The first-order chi connectivity index (χ1) is 9.56. The Morgan fingerprint density at radius 3 is 2.48 bits per heavy atom. The van der Waals surface area contributed by atoms with Crippen LogP contribution < -0.4 is 11.1 Å². The van der Waals surface area contributed by atoms with Crippen LogP contribution in [0.1, 0.15) is 31.4 Å². The normalized spacial score (nSPS) is 11.2. The van der Waals surface area contributed by atoms with E-state index < -0.39 is 6.04 Å². The third-order valence-electron chi connectivity index (χ3n) is 2.66. The molecule has 1 aromatic rings. The zero-order chi connectivity index (χ0) is 15.0. The third-order valence-corrected chi connectivity index (χ3v) is 3.18. The summed E-state index contributed by atoms with van der Waals surface area (Å²) in [6.07, 6.45) is 0.335. The Labute approximate surface area is 139 Å². The van der Waals surface area contributed by atoms with Crippen molar-refractivity contribution in [3.63, 3.8) is 0 Å². The molecule has 0 fully saturated rings. The van der Waals surface area contributed by atoms with Crippen molar-refractivity contribution in [2.45, 2.75) is 25.8 Å². The quantitative estimate of drug-likeness (QED) is 0.712. The van der Waals surface area contributed by atoms with Gasteiger partial charge in [-0.25, -0.2) is 0 Å². The summed E-state index contributed by atoms with van der Waals surface area (Å²) < 4.78 is 5.87. The van der Waals surface area contributed by atoms with Crippen LogP contribution in [0.5, 0.6) is 0 Å². The lowest BCUT2D eigenvalue weighted by Gasteiger charge is -2.18. The second kappa shape index (κ2) is 10.6. The number of hydrogen-bond donors (Lipinski definition) is 2. The lowest BCUT2D eigenvalue weighted by molar-refractivity contribution is -0.143. The Bertz CT molecular complexity index is 434. The Morgan fingerprint density at radius 2 is 1.95 bits per heavy atom. The highest BCUT2D eigenvalue weighted by Crippen LogP contribution is 2.20. The Hall–Kier alpha value is -1.11. The molecular weight excluding hydrogens is 360 g/mol. The third kappa shape index (κ3) is 7.45. The van der Waals surface area contributed by atoms with Crippen LogP contribution >= 0.6 is 28.3 Å². The van der Waals surface area contributed by atoms with Gasteiger partial charge in [0.1, 0.15) is 0 Å². The second-order valence-corrected chi connectivity index (χ2v) is 5.14. The summed E-state index contributed by atoms with van der Waals surface area (Å²) in [6.45, 7) is 2.35. The maximum Gasteiger partial charge on any atom is 0.308 e. The highest BCUT2D eigenvalue weighted by molar-refractivity contribution is 9.10. The zero-order valence-corrected chi connectivity index (χ0v) is 14.2. The molecule has 5 nitrogen and oxygen atoms in total. The van der Waals surface area contributed by atoms with Gasteiger partial charge in [0.25, 0.3) is 0 Å². The number of nitrogens with one attached hydrogen (secondary N) is 1. The van der Waals surface area contributed by atoms with Crippen LogP contribution in [0.3, 0.4) is 0 Å². The van der Waals surface area contributed by atoms with Crippen LogP contribution in [-0.2, 0) is 14.3 Å². The van der Waals surface area contributed by atoms with Crippen LogP contribution in [0.4, 0.5) is 0 Å². The SMILES string of the molecule is CCOC(=O)CC(NC(=O)CCN)c1ccc(Br)cc1.Cl. The minimum Gasteiger partial charge on any atom is -0.466 e. The van der Waals surface area contributed by atoms with Crippen LogP contribution in [0.25, 0.3) is 0 Å². The number of ether oxygens (including phenoxy) is 1. The minimum atomic E-state index is -0.402. The molecule has 0 saturated carbocycles. The molecule has 0 aromatic heterocycles. The summed E-state index contributed by atoms with van der Waals surface area (Å²) >= 11 is 3.35. The summed E-state index contributed by atoms with van der Waals surface area (Å²) in [5, 5.41) is 2.81. The van der Waals surface area contributed by atoms with Gasteiger partial charge in [0.05, 0.1) is 19.1 Å². The fourth-order valence-corrected chi connectivity index (χ4v) is 2.00. The van der Waals surface area contributed by atoms with Crippen molar-refractivity contribution >= 4 is 40.2 Å². The fraction of sp³-hybridized carbons (Fsp3) is 0.429. The van der Waals surface area contributed by atoms with E-state index in [4.69, 9.17) is 10.5 Å². The molecule has 21 heavy (non-hydrogen) atoms. The number of hydrogen-bond acceptors (Lipinski definition) is 4. The molecule has 1 aromatic carbocycles. The van der Waals surface area contributed by atoms with Gasteiger partial charge in [-0.15, -0.1) is 12.4 Å². The maximum atomic E-state index is 11.7. The number of rotatable bonds is 7. The monoisotopic (exact) mass is 378 g/mol. The zero-order valence-electron chi connectivity index (χ0n) is 11.8. The number of nitrogens with two attached hydrogens (primary N) is 1. The van der Waals surface area contributed by atoms with E-state index in [0.29, 0.717) is 6.61 Å². The number of halogens is 2. The number of benzene rings is 1. The van der Waals surface area contributed by atoms with Crippen molar-refractivity contribution in [1.82, 2.24) is 5.32 Å². The summed E-state index contributed by atoms with van der Waals surface area (Å²) in [7, 11) is 0.